The third-order valence-corrected chi connectivity index (χ3v) is 6.41. The Morgan fingerprint density at radius 2 is 1.84 bits per heavy atom. The highest BCUT2D eigenvalue weighted by atomic mass is 16.1. The van der Waals surface area contributed by atoms with Crippen molar-refractivity contribution < 1.29 is 0 Å². The van der Waals surface area contributed by atoms with Gasteiger partial charge in [-0.15, -0.1) is 5.10 Å². The van der Waals surface area contributed by atoms with Gasteiger partial charge in [0.2, 0.25) is 0 Å². The Balaban J connectivity index is 1.35. The van der Waals surface area contributed by atoms with Crippen LogP contribution in [0.2, 0.25) is 0 Å². The van der Waals surface area contributed by atoms with Crippen LogP contribution in [0.5, 0.6) is 0 Å². The van der Waals surface area contributed by atoms with Gasteiger partial charge in [-0.1, -0.05) is 6.07 Å². The lowest BCUT2D eigenvalue weighted by molar-refractivity contribution is 0.685. The monoisotopic (exact) mass is 424 g/mol. The Morgan fingerprint density at radius 1 is 1.00 bits per heavy atom. The van der Waals surface area contributed by atoms with E-state index < -0.39 is 0 Å². The Kier molecular flexibility index (Phi) is 4.31. The van der Waals surface area contributed by atoms with Gasteiger partial charge in [0.05, 0.1) is 5.69 Å². The summed E-state index contributed by atoms with van der Waals surface area (Å²) in [6.45, 7) is 5.55. The number of rotatable bonds is 3. The van der Waals surface area contributed by atoms with E-state index in [4.69, 9.17) is 15.1 Å². The lowest BCUT2D eigenvalue weighted by Gasteiger charge is -2.30. The van der Waals surface area contributed by atoms with Crippen LogP contribution >= 0.6 is 0 Å². The highest BCUT2D eigenvalue weighted by Gasteiger charge is 2.27. The first kappa shape index (κ1) is 19.1. The van der Waals surface area contributed by atoms with Gasteiger partial charge in [-0.2, -0.15) is 4.52 Å². The number of nitrogens with zero attached hydrogens (tertiary/aromatic N) is 6. The normalized spacial score (nSPS) is 15.8. The molecule has 0 unspecified atom stereocenters. The molecular weight excluding hydrogens is 400 g/mol. The van der Waals surface area contributed by atoms with Gasteiger partial charge in [-0.3, -0.25) is 14.8 Å². The van der Waals surface area contributed by atoms with Crippen molar-refractivity contribution in [1.29, 1.82) is 0 Å². The Morgan fingerprint density at radius 3 is 2.62 bits per heavy atom. The lowest BCUT2D eigenvalue weighted by atomic mass is 10.0. The Bertz CT molecular complexity index is 1400. The smallest absolute Gasteiger partial charge is 0.274 e. The van der Waals surface area contributed by atoms with E-state index in [9.17, 15) is 4.79 Å². The van der Waals surface area contributed by atoms with E-state index in [1.54, 1.807) is 6.07 Å². The number of hydrogen-bond donors (Lipinski definition) is 0. The third-order valence-electron chi connectivity index (χ3n) is 6.41. The summed E-state index contributed by atoms with van der Waals surface area (Å²) < 4.78 is 1.44. The summed E-state index contributed by atoms with van der Waals surface area (Å²) in [4.78, 5) is 28.8. The van der Waals surface area contributed by atoms with Gasteiger partial charge in [-0.25, -0.2) is 4.98 Å². The fraction of sp³-hybridized carbons (Fsp3) is 0.320. The van der Waals surface area contributed by atoms with Crippen LogP contribution in [-0.4, -0.2) is 31.1 Å². The third kappa shape index (κ3) is 3.34. The van der Waals surface area contributed by atoms with Crippen molar-refractivity contribution >= 4 is 11.5 Å². The molecule has 0 radical (unpaired) electrons. The topological polar surface area (TPSA) is 76.3 Å². The van der Waals surface area contributed by atoms with E-state index in [-0.39, 0.29) is 5.56 Å². The summed E-state index contributed by atoms with van der Waals surface area (Å²) in [5, 5.41) is 4.72. The average Bonchev–Trinajstić information content (AvgIpc) is 3.64. The second-order valence-electron chi connectivity index (χ2n) is 8.90. The van der Waals surface area contributed by atoms with Crippen molar-refractivity contribution in [2.24, 2.45) is 0 Å². The van der Waals surface area contributed by atoms with Crippen molar-refractivity contribution in [1.82, 2.24) is 24.6 Å². The van der Waals surface area contributed by atoms with Crippen LogP contribution in [0.4, 0.5) is 5.82 Å². The zero-order valence-electron chi connectivity index (χ0n) is 18.2. The molecule has 7 nitrogen and oxygen atoms in total. The quantitative estimate of drug-likeness (QED) is 0.500. The van der Waals surface area contributed by atoms with Crippen molar-refractivity contribution in [3.05, 3.63) is 81.3 Å². The molecule has 6 rings (SSSR count). The van der Waals surface area contributed by atoms with Gasteiger partial charge in [0.15, 0.2) is 11.5 Å². The van der Waals surface area contributed by atoms with Crippen LogP contribution < -0.4 is 10.5 Å². The molecule has 0 N–H and O–H groups in total. The molecule has 4 aromatic rings. The fourth-order valence-electron chi connectivity index (χ4n) is 4.44. The highest BCUT2D eigenvalue weighted by Crippen LogP contribution is 2.38. The molecule has 0 spiro atoms. The van der Waals surface area contributed by atoms with Gasteiger partial charge >= 0.3 is 0 Å². The Hall–Kier alpha value is -3.61. The summed E-state index contributed by atoms with van der Waals surface area (Å²) in [5.41, 5.74) is 7.89. The number of aromatic nitrogens is 5. The zero-order valence-corrected chi connectivity index (χ0v) is 18.2. The second kappa shape index (κ2) is 7.22. The number of pyridine rings is 2. The minimum atomic E-state index is -0.105. The molecule has 1 aliphatic carbocycles. The van der Waals surface area contributed by atoms with E-state index >= 15 is 0 Å². The van der Waals surface area contributed by atoms with Crippen LogP contribution in [-0.2, 0) is 13.0 Å². The predicted molar refractivity (Wildman–Crippen MR) is 123 cm³/mol. The molecule has 7 heteroatoms. The van der Waals surface area contributed by atoms with Gasteiger partial charge < -0.3 is 4.90 Å². The fourth-order valence-corrected chi connectivity index (χ4v) is 4.44. The second-order valence-corrected chi connectivity index (χ2v) is 8.90. The number of hydrogen-bond acceptors (Lipinski definition) is 6. The van der Waals surface area contributed by atoms with Crippen molar-refractivity contribution in [2.45, 2.75) is 45.6 Å². The van der Waals surface area contributed by atoms with Gasteiger partial charge in [0, 0.05) is 66.4 Å². The number of fused-ring (bicyclic) bond motifs is 2. The first-order chi connectivity index (χ1) is 15.5. The SMILES string of the molecule is Cc1ccc(-c2cnc3c(c2)CN(c2nn4c(=O)cc(C5CC5)nc4cc2C)CC3)cn1. The molecule has 4 aromatic heterocycles. The number of aryl methyl sites for hydroxylation is 2. The van der Waals surface area contributed by atoms with Gasteiger partial charge in [0.25, 0.3) is 5.56 Å². The minimum absolute atomic E-state index is 0.105. The van der Waals surface area contributed by atoms with Crippen LogP contribution in [0, 0.1) is 13.8 Å². The van der Waals surface area contributed by atoms with Crippen LogP contribution in [0.1, 0.15) is 47.0 Å². The first-order valence-corrected chi connectivity index (χ1v) is 11.1. The number of anilines is 1. The molecule has 0 bridgehead atoms. The van der Waals surface area contributed by atoms with E-state index in [0.717, 1.165) is 65.4 Å². The van der Waals surface area contributed by atoms with Crippen LogP contribution in [0.15, 0.2) is 47.5 Å². The molecular formula is C25H24N6O. The average molecular weight is 425 g/mol. The largest absolute Gasteiger partial charge is 0.350 e. The van der Waals surface area contributed by atoms with Crippen LogP contribution in [0.3, 0.4) is 0 Å². The predicted octanol–water partition coefficient (Wildman–Crippen LogP) is 3.60. The van der Waals surface area contributed by atoms with E-state index in [2.05, 4.69) is 22.0 Å². The molecule has 0 aromatic carbocycles. The van der Waals surface area contributed by atoms with Gasteiger partial charge in [-0.05, 0) is 56.0 Å². The zero-order chi connectivity index (χ0) is 21.8. The summed E-state index contributed by atoms with van der Waals surface area (Å²) >= 11 is 0. The standard InChI is InChI=1S/C25H24N6O/c1-15-9-23-28-22(17-5-6-17)11-24(32)31(23)29-25(15)30-8-7-21-20(14-30)10-19(13-27-21)18-4-3-16(2)26-12-18/h3-4,9-13,17H,5-8,14H2,1-2H3. The van der Waals surface area contributed by atoms with Gasteiger partial charge in [0.1, 0.15) is 0 Å². The molecule has 32 heavy (non-hydrogen) atoms. The molecule has 0 atom stereocenters. The van der Waals surface area contributed by atoms with E-state index in [1.165, 1.54) is 10.1 Å². The molecule has 1 fully saturated rings. The molecule has 160 valence electrons. The molecule has 2 aliphatic rings. The van der Waals surface area contributed by atoms with E-state index in [0.29, 0.717) is 18.1 Å². The van der Waals surface area contributed by atoms with Crippen molar-refractivity contribution in [3.8, 4) is 11.1 Å². The molecule has 0 saturated heterocycles. The summed E-state index contributed by atoms with van der Waals surface area (Å²) in [6.07, 6.45) is 6.91. The highest BCUT2D eigenvalue weighted by molar-refractivity contribution is 5.63. The van der Waals surface area contributed by atoms with Crippen molar-refractivity contribution in [2.75, 3.05) is 11.4 Å². The minimum Gasteiger partial charge on any atom is -0.350 e. The maximum Gasteiger partial charge on any atom is 0.274 e. The van der Waals surface area contributed by atoms with Crippen molar-refractivity contribution in [3.63, 3.8) is 0 Å². The summed E-state index contributed by atoms with van der Waals surface area (Å²) in [7, 11) is 0. The summed E-state index contributed by atoms with van der Waals surface area (Å²) in [6, 6.07) is 9.93. The van der Waals surface area contributed by atoms with E-state index in [1.807, 2.05) is 38.4 Å². The van der Waals surface area contributed by atoms with Crippen LogP contribution in [0.25, 0.3) is 16.8 Å². The maximum absolute atomic E-state index is 12.7. The lowest BCUT2D eigenvalue weighted by Crippen LogP contribution is -2.33. The Labute approximate surface area is 185 Å². The first-order valence-electron chi connectivity index (χ1n) is 11.1. The molecule has 0 amide bonds. The summed E-state index contributed by atoms with van der Waals surface area (Å²) in [5.74, 6) is 1.27. The molecule has 1 saturated carbocycles. The maximum atomic E-state index is 12.7. The molecule has 5 heterocycles. The molecule has 1 aliphatic heterocycles.